The van der Waals surface area contributed by atoms with Crippen LogP contribution in [0.2, 0.25) is 0 Å². The summed E-state index contributed by atoms with van der Waals surface area (Å²) in [4.78, 5) is 0. The Kier molecular flexibility index (Phi) is 8.23. The first kappa shape index (κ1) is 16.0. The van der Waals surface area contributed by atoms with Gasteiger partial charge in [0.25, 0.3) is 5.17 Å². The van der Waals surface area contributed by atoms with Crippen LogP contribution in [0.5, 0.6) is 5.75 Å². The van der Waals surface area contributed by atoms with Crippen molar-refractivity contribution in [3.8, 4) is 5.75 Å². The minimum Gasteiger partial charge on any atom is -0.432 e. The Bertz CT molecular complexity index is 362. The van der Waals surface area contributed by atoms with E-state index in [1.54, 1.807) is 0 Å². The van der Waals surface area contributed by atoms with Crippen LogP contribution in [0.3, 0.4) is 0 Å². The number of unbranched alkanes of at least 4 members (excludes halogenated alkanes) is 6. The summed E-state index contributed by atoms with van der Waals surface area (Å²) in [6, 6.07) is 8.03. The number of nitrogens with two attached hydrogens (primary N) is 1. The van der Waals surface area contributed by atoms with Crippen molar-refractivity contribution in [1.29, 1.82) is 0 Å². The van der Waals surface area contributed by atoms with Gasteiger partial charge in [-0.25, -0.2) is 0 Å². The van der Waals surface area contributed by atoms with Gasteiger partial charge in [0.05, 0.1) is 0 Å². The van der Waals surface area contributed by atoms with Crippen LogP contribution in [0.1, 0.15) is 57.4 Å². The fraction of sp³-hybridized carbons (Fsp3) is 0.562. The molecule has 0 unspecified atom stereocenters. The highest BCUT2D eigenvalue weighted by Crippen LogP contribution is 2.15. The van der Waals surface area contributed by atoms with Gasteiger partial charge in [-0.2, -0.15) is 0 Å². The molecule has 0 fully saturated rings. The van der Waals surface area contributed by atoms with E-state index in [0.717, 1.165) is 12.2 Å². The smallest absolute Gasteiger partial charge is 0.259 e. The third kappa shape index (κ3) is 7.83. The van der Waals surface area contributed by atoms with Gasteiger partial charge in [-0.1, -0.05) is 57.6 Å². The van der Waals surface area contributed by atoms with E-state index in [1.807, 2.05) is 12.1 Å². The zero-order chi connectivity index (χ0) is 13.9. The Hall–Kier alpha value is -1.09. The van der Waals surface area contributed by atoms with Gasteiger partial charge in [-0.3, -0.25) is 0 Å². The van der Waals surface area contributed by atoms with Crippen LogP contribution in [0.15, 0.2) is 24.3 Å². The van der Waals surface area contributed by atoms with Crippen LogP contribution in [0.25, 0.3) is 0 Å². The molecule has 0 saturated carbocycles. The molecule has 1 aromatic carbocycles. The van der Waals surface area contributed by atoms with E-state index < -0.39 is 0 Å². The maximum absolute atomic E-state index is 5.32. The number of aryl methyl sites for hydroxylation is 1. The van der Waals surface area contributed by atoms with Crippen molar-refractivity contribution in [1.82, 2.24) is 0 Å². The van der Waals surface area contributed by atoms with Crippen LogP contribution in [-0.2, 0) is 6.42 Å². The highest BCUT2D eigenvalue weighted by atomic mass is 32.1. The average Bonchev–Trinajstić information content (AvgIpc) is 2.39. The molecule has 0 bridgehead atoms. The number of hydrogen-bond acceptors (Lipinski definition) is 2. The zero-order valence-electron chi connectivity index (χ0n) is 11.9. The van der Waals surface area contributed by atoms with E-state index in [0.29, 0.717) is 0 Å². The molecule has 2 nitrogen and oxygen atoms in total. The molecule has 0 aromatic heterocycles. The lowest BCUT2D eigenvalue weighted by Crippen LogP contribution is -2.15. The van der Waals surface area contributed by atoms with Gasteiger partial charge in [0.1, 0.15) is 5.75 Å². The molecular weight excluding hydrogens is 254 g/mol. The van der Waals surface area contributed by atoms with Gasteiger partial charge in [-0.05, 0) is 42.8 Å². The van der Waals surface area contributed by atoms with Crippen molar-refractivity contribution in [2.24, 2.45) is 5.73 Å². The van der Waals surface area contributed by atoms with Crippen LogP contribution in [0.4, 0.5) is 0 Å². The summed E-state index contributed by atoms with van der Waals surface area (Å²) in [5.41, 5.74) is 6.67. The van der Waals surface area contributed by atoms with Gasteiger partial charge in [0.15, 0.2) is 0 Å². The van der Waals surface area contributed by atoms with E-state index in [2.05, 4.69) is 19.1 Å². The monoisotopic (exact) mass is 279 g/mol. The van der Waals surface area contributed by atoms with E-state index in [1.165, 1.54) is 50.5 Å². The Morgan fingerprint density at radius 1 is 1.00 bits per heavy atom. The Labute approximate surface area is 122 Å². The molecule has 0 aliphatic rings. The number of rotatable bonds is 9. The Morgan fingerprint density at radius 3 is 2.16 bits per heavy atom. The van der Waals surface area contributed by atoms with E-state index >= 15 is 0 Å². The molecule has 0 aliphatic carbocycles. The molecule has 0 saturated heterocycles. The number of thiocarbonyl (C=S) groups is 1. The molecule has 0 radical (unpaired) electrons. The van der Waals surface area contributed by atoms with Crippen LogP contribution in [0, 0.1) is 0 Å². The van der Waals surface area contributed by atoms with Crippen LogP contribution in [-0.4, -0.2) is 5.17 Å². The van der Waals surface area contributed by atoms with Gasteiger partial charge >= 0.3 is 0 Å². The van der Waals surface area contributed by atoms with Crippen molar-refractivity contribution in [2.45, 2.75) is 58.3 Å². The van der Waals surface area contributed by atoms with E-state index in [9.17, 15) is 0 Å². The normalized spacial score (nSPS) is 10.4. The van der Waals surface area contributed by atoms with Crippen LogP contribution >= 0.6 is 12.2 Å². The average molecular weight is 279 g/mol. The largest absolute Gasteiger partial charge is 0.432 e. The van der Waals surface area contributed by atoms with E-state index in [4.69, 9.17) is 22.7 Å². The fourth-order valence-corrected chi connectivity index (χ4v) is 2.22. The summed E-state index contributed by atoms with van der Waals surface area (Å²) in [7, 11) is 0. The van der Waals surface area contributed by atoms with E-state index in [-0.39, 0.29) is 5.17 Å². The summed E-state index contributed by atoms with van der Waals surface area (Å²) < 4.78 is 5.16. The maximum Gasteiger partial charge on any atom is 0.259 e. The molecule has 19 heavy (non-hydrogen) atoms. The second-order valence-electron chi connectivity index (χ2n) is 4.94. The third-order valence-electron chi connectivity index (χ3n) is 3.21. The number of hydrogen-bond donors (Lipinski definition) is 1. The van der Waals surface area contributed by atoms with Gasteiger partial charge in [0, 0.05) is 0 Å². The number of benzene rings is 1. The minimum absolute atomic E-state index is 0.0693. The number of ether oxygens (including phenoxy) is 1. The summed E-state index contributed by atoms with van der Waals surface area (Å²) >= 11 is 4.70. The molecule has 0 heterocycles. The quantitative estimate of drug-likeness (QED) is 0.530. The van der Waals surface area contributed by atoms with Gasteiger partial charge in [0.2, 0.25) is 0 Å². The molecule has 0 amide bonds. The first-order chi connectivity index (χ1) is 9.22. The lowest BCUT2D eigenvalue weighted by atomic mass is 10.0. The second-order valence-corrected chi connectivity index (χ2v) is 5.34. The summed E-state index contributed by atoms with van der Waals surface area (Å²) in [6.45, 7) is 2.25. The topological polar surface area (TPSA) is 35.2 Å². The zero-order valence-corrected chi connectivity index (χ0v) is 12.7. The predicted molar refractivity (Wildman–Crippen MR) is 85.6 cm³/mol. The molecule has 0 spiro atoms. The second kappa shape index (κ2) is 9.79. The van der Waals surface area contributed by atoms with Crippen molar-refractivity contribution in [3.05, 3.63) is 29.8 Å². The van der Waals surface area contributed by atoms with Crippen molar-refractivity contribution in [3.63, 3.8) is 0 Å². The molecule has 106 valence electrons. The van der Waals surface area contributed by atoms with Gasteiger partial charge < -0.3 is 10.5 Å². The highest BCUT2D eigenvalue weighted by Gasteiger charge is 1.97. The lowest BCUT2D eigenvalue weighted by molar-refractivity contribution is 0.556. The fourth-order valence-electron chi connectivity index (χ4n) is 2.13. The SMILES string of the molecule is CCCCCCCCCc1ccc(OC(N)=S)cc1. The molecular formula is C16H25NOS. The molecule has 2 N–H and O–H groups in total. The molecule has 0 atom stereocenters. The first-order valence-corrected chi connectivity index (χ1v) is 7.69. The highest BCUT2D eigenvalue weighted by molar-refractivity contribution is 7.80. The standard InChI is InChI=1S/C16H25NOS/c1-2-3-4-5-6-7-8-9-14-10-12-15(13-11-14)18-16(17)19/h10-13H,2-9H2,1H3,(H2,17,19). The molecule has 3 heteroatoms. The van der Waals surface area contributed by atoms with Crippen LogP contribution < -0.4 is 10.5 Å². The van der Waals surface area contributed by atoms with Crippen molar-refractivity contribution < 1.29 is 4.74 Å². The minimum atomic E-state index is 0.0693. The summed E-state index contributed by atoms with van der Waals surface area (Å²) in [5.74, 6) is 0.718. The maximum atomic E-state index is 5.32. The third-order valence-corrected chi connectivity index (χ3v) is 3.29. The molecule has 0 aliphatic heterocycles. The summed E-state index contributed by atoms with van der Waals surface area (Å²) in [6.07, 6.45) is 10.6. The van der Waals surface area contributed by atoms with Gasteiger partial charge in [-0.15, -0.1) is 0 Å². The predicted octanol–water partition coefficient (Wildman–Crippen LogP) is 4.60. The first-order valence-electron chi connectivity index (χ1n) is 7.28. The summed E-state index contributed by atoms with van der Waals surface area (Å²) in [5, 5.41) is 0.0693. The Morgan fingerprint density at radius 2 is 1.58 bits per heavy atom. The lowest BCUT2D eigenvalue weighted by Gasteiger charge is -2.05. The van der Waals surface area contributed by atoms with Crippen molar-refractivity contribution >= 4 is 17.4 Å². The van der Waals surface area contributed by atoms with Crippen molar-refractivity contribution in [2.75, 3.05) is 0 Å². The Balaban J connectivity index is 2.14. The molecule has 1 aromatic rings. The molecule has 1 rings (SSSR count).